The van der Waals surface area contributed by atoms with Crippen LogP contribution in [-0.4, -0.2) is 125 Å². The Hall–Kier alpha value is -0.0700. The van der Waals surface area contributed by atoms with Crippen molar-refractivity contribution >= 4 is 11.6 Å². The topological polar surface area (TPSA) is 83.1 Å². The van der Waals surface area contributed by atoms with Crippen LogP contribution in [-0.2, 0) is 42.6 Å². The van der Waals surface area contributed by atoms with Crippen molar-refractivity contribution in [2.45, 2.75) is 45.4 Å². The summed E-state index contributed by atoms with van der Waals surface area (Å²) in [6, 6.07) is 0. The van der Waals surface area contributed by atoms with E-state index in [0.717, 1.165) is 44.8 Å². The van der Waals surface area contributed by atoms with E-state index in [-0.39, 0.29) is 0 Å². The first-order chi connectivity index (χ1) is 17.9. The van der Waals surface area contributed by atoms with Gasteiger partial charge in [-0.3, -0.25) is 0 Å². The third kappa shape index (κ3) is 33.9. The quantitative estimate of drug-likeness (QED) is 0.0906. The van der Waals surface area contributed by atoms with Crippen LogP contribution in [0.25, 0.3) is 0 Å². The Morgan fingerprint density at radius 1 is 0.306 bits per heavy atom. The average Bonchev–Trinajstić information content (AvgIpc) is 2.89. The highest BCUT2D eigenvalue weighted by Crippen LogP contribution is 2.01. The van der Waals surface area contributed by atoms with Crippen molar-refractivity contribution in [3.63, 3.8) is 0 Å². The molecule has 0 fully saturated rings. The molecule has 0 saturated carbocycles. The van der Waals surface area contributed by atoms with Gasteiger partial charge in [-0.15, -0.1) is 11.6 Å². The van der Waals surface area contributed by atoms with Crippen molar-refractivity contribution in [1.29, 1.82) is 0 Å². The van der Waals surface area contributed by atoms with E-state index in [2.05, 4.69) is 6.92 Å². The lowest BCUT2D eigenvalue weighted by Crippen LogP contribution is -2.15. The molecule has 36 heavy (non-hydrogen) atoms. The maximum atomic E-state index is 5.64. The molecule has 0 aliphatic carbocycles. The van der Waals surface area contributed by atoms with Crippen LogP contribution in [0.3, 0.4) is 0 Å². The van der Waals surface area contributed by atoms with Crippen LogP contribution in [0.15, 0.2) is 0 Å². The zero-order chi connectivity index (χ0) is 26.0. The summed E-state index contributed by atoms with van der Waals surface area (Å²) < 4.78 is 49.1. The Balaban J connectivity index is 3.00. The molecule has 0 bridgehead atoms. The van der Waals surface area contributed by atoms with Gasteiger partial charge in [0.25, 0.3) is 0 Å². The molecule has 0 aliphatic heterocycles. The van der Waals surface area contributed by atoms with Crippen LogP contribution in [0.2, 0.25) is 0 Å². The first kappa shape index (κ1) is 35.9. The summed E-state index contributed by atoms with van der Waals surface area (Å²) in [6.45, 7) is 12.8. The minimum atomic E-state index is 0.537. The van der Waals surface area contributed by atoms with Crippen molar-refractivity contribution < 1.29 is 42.6 Å². The van der Waals surface area contributed by atoms with Crippen molar-refractivity contribution in [2.24, 2.45) is 0 Å². The van der Waals surface area contributed by atoms with Gasteiger partial charge in [0, 0.05) is 19.1 Å². The Morgan fingerprint density at radius 2 is 0.556 bits per heavy atom. The van der Waals surface area contributed by atoms with Crippen LogP contribution in [0.1, 0.15) is 45.4 Å². The molecule has 10 heteroatoms. The maximum Gasteiger partial charge on any atom is 0.0701 e. The minimum absolute atomic E-state index is 0.537. The fourth-order valence-corrected chi connectivity index (χ4v) is 2.95. The molecule has 0 amide bonds. The molecule has 0 atom stereocenters. The molecule has 0 aromatic rings. The molecule has 0 spiro atoms. The number of halogens is 1. The van der Waals surface area contributed by atoms with Crippen LogP contribution in [0, 0.1) is 0 Å². The highest BCUT2D eigenvalue weighted by molar-refractivity contribution is 6.17. The fourth-order valence-electron chi connectivity index (χ4n) is 2.76. The number of hydrogen-bond acceptors (Lipinski definition) is 9. The highest BCUT2D eigenvalue weighted by atomic mass is 35.5. The zero-order valence-corrected chi connectivity index (χ0v) is 23.5. The smallest absolute Gasteiger partial charge is 0.0701 e. The fraction of sp³-hybridized carbons (Fsp3) is 1.00. The van der Waals surface area contributed by atoms with Gasteiger partial charge in [-0.05, 0) is 19.3 Å². The summed E-state index contributed by atoms with van der Waals surface area (Å²) in [5.74, 6) is 0.749. The molecule has 0 unspecified atom stereocenters. The predicted octanol–water partition coefficient (Wildman–Crippen LogP) is 3.74. The third-order valence-electron chi connectivity index (χ3n) is 4.79. The molecule has 0 N–H and O–H groups in total. The van der Waals surface area contributed by atoms with Gasteiger partial charge < -0.3 is 42.6 Å². The lowest BCUT2D eigenvalue weighted by Gasteiger charge is -2.09. The number of hydrogen-bond donors (Lipinski definition) is 0. The minimum Gasteiger partial charge on any atom is -0.379 e. The summed E-state index contributed by atoms with van der Waals surface area (Å²) in [5, 5.41) is 0. The van der Waals surface area contributed by atoms with E-state index in [1.165, 1.54) is 12.8 Å². The molecular formula is C26H53ClO9. The lowest BCUT2D eigenvalue weighted by atomic mass is 10.2. The van der Waals surface area contributed by atoms with Crippen LogP contribution < -0.4 is 0 Å². The summed E-state index contributed by atoms with van der Waals surface area (Å²) in [6.07, 6.45) is 6.78. The van der Waals surface area contributed by atoms with Crippen LogP contribution in [0.5, 0.6) is 0 Å². The van der Waals surface area contributed by atoms with Crippen molar-refractivity contribution in [3.05, 3.63) is 0 Å². The number of ether oxygens (including phenoxy) is 9. The molecule has 0 aromatic carbocycles. The molecule has 0 heterocycles. The Labute approximate surface area is 224 Å². The van der Waals surface area contributed by atoms with Gasteiger partial charge in [0.15, 0.2) is 0 Å². The van der Waals surface area contributed by atoms with Gasteiger partial charge in [-0.1, -0.05) is 26.2 Å². The summed E-state index contributed by atoms with van der Waals surface area (Å²) >= 11 is 5.64. The van der Waals surface area contributed by atoms with Crippen molar-refractivity contribution in [3.8, 4) is 0 Å². The maximum absolute atomic E-state index is 5.64. The van der Waals surface area contributed by atoms with E-state index >= 15 is 0 Å². The molecule has 0 aromatic heterocycles. The van der Waals surface area contributed by atoms with Gasteiger partial charge in [-0.2, -0.15) is 0 Å². The Bertz CT molecular complexity index is 347. The van der Waals surface area contributed by atoms with E-state index in [1.54, 1.807) is 0 Å². The molecule has 218 valence electrons. The summed E-state index contributed by atoms with van der Waals surface area (Å²) in [4.78, 5) is 0. The predicted molar refractivity (Wildman–Crippen MR) is 141 cm³/mol. The molecule has 0 saturated heterocycles. The van der Waals surface area contributed by atoms with E-state index in [9.17, 15) is 0 Å². The second kappa shape index (κ2) is 34.9. The van der Waals surface area contributed by atoms with E-state index in [0.29, 0.717) is 106 Å². The van der Waals surface area contributed by atoms with Gasteiger partial charge in [0.1, 0.15) is 0 Å². The lowest BCUT2D eigenvalue weighted by molar-refractivity contribution is -0.0250. The van der Waals surface area contributed by atoms with E-state index in [4.69, 9.17) is 54.2 Å². The summed E-state index contributed by atoms with van der Waals surface area (Å²) in [5.41, 5.74) is 0. The molecule has 9 nitrogen and oxygen atoms in total. The highest BCUT2D eigenvalue weighted by Gasteiger charge is 1.96. The van der Waals surface area contributed by atoms with Gasteiger partial charge in [-0.25, -0.2) is 0 Å². The Morgan fingerprint density at radius 3 is 0.833 bits per heavy atom. The summed E-state index contributed by atoms with van der Waals surface area (Å²) in [7, 11) is 0. The van der Waals surface area contributed by atoms with Crippen LogP contribution >= 0.6 is 11.6 Å². The van der Waals surface area contributed by atoms with Crippen LogP contribution in [0.4, 0.5) is 0 Å². The van der Waals surface area contributed by atoms with E-state index in [1.807, 2.05) is 0 Å². The Kier molecular flexibility index (Phi) is 34.9. The van der Waals surface area contributed by atoms with E-state index < -0.39 is 0 Å². The zero-order valence-electron chi connectivity index (χ0n) is 22.7. The molecule has 0 rings (SSSR count). The van der Waals surface area contributed by atoms with Crippen molar-refractivity contribution in [2.75, 3.05) is 125 Å². The first-order valence-electron chi connectivity index (χ1n) is 13.7. The number of alkyl halides is 1. The number of unbranched alkanes of at least 4 members (excludes halogenated alkanes) is 4. The first-order valence-corrected chi connectivity index (χ1v) is 14.2. The second-order valence-corrected chi connectivity index (χ2v) is 8.35. The third-order valence-corrected chi connectivity index (χ3v) is 5.06. The van der Waals surface area contributed by atoms with Gasteiger partial charge in [0.05, 0.1) is 106 Å². The molecule has 0 aliphatic rings. The van der Waals surface area contributed by atoms with Gasteiger partial charge in [0.2, 0.25) is 0 Å². The molecular weight excluding hydrogens is 492 g/mol. The second-order valence-electron chi connectivity index (χ2n) is 7.97. The number of rotatable bonds is 33. The monoisotopic (exact) mass is 544 g/mol. The van der Waals surface area contributed by atoms with Gasteiger partial charge >= 0.3 is 0 Å². The largest absolute Gasteiger partial charge is 0.379 e. The SMILES string of the molecule is CCCCOCCOCCOCCOCCOCCOCCOCCOCCOCCCCCCCl. The van der Waals surface area contributed by atoms with Crippen molar-refractivity contribution in [1.82, 2.24) is 0 Å². The normalized spacial score (nSPS) is 11.5. The average molecular weight is 545 g/mol. The molecule has 0 radical (unpaired) electrons. The standard InChI is InChI=1S/C26H53ClO9/c1-2-3-9-28-11-13-30-15-17-32-19-21-34-23-25-36-26-24-35-22-20-33-18-16-31-14-12-29-10-7-5-4-6-8-27/h2-26H2,1H3.